The lowest BCUT2D eigenvalue weighted by Crippen LogP contribution is -2.50. The van der Waals surface area contributed by atoms with Crippen LogP contribution in [0.5, 0.6) is 0 Å². The van der Waals surface area contributed by atoms with Gasteiger partial charge in [-0.25, -0.2) is 0 Å². The molecule has 3 rings (SSSR count). The van der Waals surface area contributed by atoms with Crippen LogP contribution >= 0.6 is 11.6 Å². The molecule has 0 spiro atoms. The number of nitrogens with one attached hydrogen (secondary N) is 2. The zero-order valence-corrected chi connectivity index (χ0v) is 17.6. The molecule has 29 heavy (non-hydrogen) atoms. The number of hydrogen-bond donors (Lipinski definition) is 2. The maximum absolute atomic E-state index is 12.4. The molecule has 1 aliphatic rings. The number of anilines is 2. The van der Waals surface area contributed by atoms with E-state index in [1.165, 1.54) is 0 Å². The average Bonchev–Trinajstić information content (AvgIpc) is 2.69. The van der Waals surface area contributed by atoms with Crippen LogP contribution in [0.3, 0.4) is 0 Å². The minimum atomic E-state index is -0.0477. The molecule has 0 bridgehead atoms. The summed E-state index contributed by atoms with van der Waals surface area (Å²) >= 11 is 5.86. The molecule has 0 atom stereocenters. The lowest BCUT2D eigenvalue weighted by molar-refractivity contribution is -0.120. The summed E-state index contributed by atoms with van der Waals surface area (Å²) in [6.45, 7) is 7.77. The van der Waals surface area contributed by atoms with E-state index in [0.717, 1.165) is 48.7 Å². The first-order valence-corrected chi connectivity index (χ1v) is 10.1. The van der Waals surface area contributed by atoms with Gasteiger partial charge in [-0.1, -0.05) is 23.7 Å². The minimum Gasteiger partial charge on any atom is -0.325 e. The fourth-order valence-electron chi connectivity index (χ4n) is 3.32. The molecule has 2 aromatic rings. The molecule has 0 saturated carbocycles. The van der Waals surface area contributed by atoms with Gasteiger partial charge in [-0.2, -0.15) is 0 Å². The Bertz CT molecular complexity index is 862. The first-order chi connectivity index (χ1) is 13.9. The number of halogens is 1. The van der Waals surface area contributed by atoms with Crippen molar-refractivity contribution in [3.8, 4) is 0 Å². The highest BCUT2D eigenvalue weighted by Gasteiger charge is 2.21. The van der Waals surface area contributed by atoms with Crippen LogP contribution in [0.15, 0.2) is 42.5 Å². The predicted molar refractivity (Wildman–Crippen MR) is 118 cm³/mol. The highest BCUT2D eigenvalue weighted by atomic mass is 35.5. The number of piperazine rings is 1. The maximum Gasteiger partial charge on any atom is 0.238 e. The van der Waals surface area contributed by atoms with Gasteiger partial charge in [0.05, 0.1) is 13.1 Å². The second-order valence-electron chi connectivity index (χ2n) is 7.40. The summed E-state index contributed by atoms with van der Waals surface area (Å²) in [6, 6.07) is 13.0. The second kappa shape index (κ2) is 9.87. The first kappa shape index (κ1) is 21.3. The largest absolute Gasteiger partial charge is 0.325 e. The van der Waals surface area contributed by atoms with Crippen molar-refractivity contribution in [3.63, 3.8) is 0 Å². The van der Waals surface area contributed by atoms with Gasteiger partial charge in [0.1, 0.15) is 0 Å². The third-order valence-corrected chi connectivity index (χ3v) is 5.46. The number of rotatable bonds is 6. The van der Waals surface area contributed by atoms with Crippen LogP contribution in [0.2, 0.25) is 5.02 Å². The van der Waals surface area contributed by atoms with Gasteiger partial charge in [0, 0.05) is 42.6 Å². The van der Waals surface area contributed by atoms with E-state index in [2.05, 4.69) is 20.4 Å². The van der Waals surface area contributed by atoms with Gasteiger partial charge in [0.15, 0.2) is 0 Å². The van der Waals surface area contributed by atoms with E-state index in [0.29, 0.717) is 18.1 Å². The van der Waals surface area contributed by atoms with E-state index in [1.54, 1.807) is 24.3 Å². The summed E-state index contributed by atoms with van der Waals surface area (Å²) in [5, 5.41) is 6.52. The van der Waals surface area contributed by atoms with Crippen LogP contribution in [0.25, 0.3) is 0 Å². The summed E-state index contributed by atoms with van der Waals surface area (Å²) in [5.74, 6) is -0.0546. The van der Waals surface area contributed by atoms with Crippen LogP contribution in [-0.4, -0.2) is 60.9 Å². The summed E-state index contributed by atoms with van der Waals surface area (Å²) < 4.78 is 0. The zero-order chi connectivity index (χ0) is 20.8. The number of aryl methyl sites for hydroxylation is 1. The number of benzene rings is 2. The normalized spacial score (nSPS) is 15.1. The SMILES string of the molecule is Cc1cccc(NC(=O)CN2CCN(CC(=O)Nc3ccc(Cl)cc3)CC2)c1C. The van der Waals surface area contributed by atoms with E-state index in [9.17, 15) is 9.59 Å². The van der Waals surface area contributed by atoms with Crippen molar-refractivity contribution in [2.75, 3.05) is 49.9 Å². The molecule has 6 nitrogen and oxygen atoms in total. The van der Waals surface area contributed by atoms with Crippen molar-refractivity contribution >= 4 is 34.8 Å². The summed E-state index contributed by atoms with van der Waals surface area (Å²) in [4.78, 5) is 28.8. The summed E-state index contributed by atoms with van der Waals surface area (Å²) in [5.41, 5.74) is 3.86. The molecule has 0 aromatic heterocycles. The van der Waals surface area contributed by atoms with E-state index >= 15 is 0 Å². The Balaban J connectivity index is 1.40. The molecule has 1 saturated heterocycles. The molecule has 0 radical (unpaired) electrons. The number of amides is 2. The van der Waals surface area contributed by atoms with Gasteiger partial charge in [-0.05, 0) is 55.3 Å². The van der Waals surface area contributed by atoms with Crippen molar-refractivity contribution in [3.05, 3.63) is 58.6 Å². The van der Waals surface area contributed by atoms with Crippen molar-refractivity contribution in [2.45, 2.75) is 13.8 Å². The van der Waals surface area contributed by atoms with Crippen molar-refractivity contribution in [1.29, 1.82) is 0 Å². The molecule has 1 heterocycles. The van der Waals surface area contributed by atoms with Gasteiger partial charge in [0.25, 0.3) is 0 Å². The molecule has 0 unspecified atom stereocenters. The standard InChI is InChI=1S/C22H27ClN4O2/c1-16-4-3-5-20(17(16)2)25-22(29)15-27-12-10-26(11-13-27)14-21(28)24-19-8-6-18(23)7-9-19/h3-9H,10-15H2,1-2H3,(H,24,28)(H,25,29). The molecule has 7 heteroatoms. The lowest BCUT2D eigenvalue weighted by Gasteiger charge is -2.33. The van der Waals surface area contributed by atoms with Gasteiger partial charge < -0.3 is 10.6 Å². The second-order valence-corrected chi connectivity index (χ2v) is 7.84. The number of nitrogens with zero attached hydrogens (tertiary/aromatic N) is 2. The van der Waals surface area contributed by atoms with Gasteiger partial charge >= 0.3 is 0 Å². The summed E-state index contributed by atoms with van der Waals surface area (Å²) in [6.07, 6.45) is 0. The molecule has 154 valence electrons. The molecule has 2 amide bonds. The monoisotopic (exact) mass is 414 g/mol. The molecule has 2 N–H and O–H groups in total. The Kier molecular flexibility index (Phi) is 7.25. The lowest BCUT2D eigenvalue weighted by atomic mass is 10.1. The Morgan fingerprint density at radius 1 is 0.862 bits per heavy atom. The zero-order valence-electron chi connectivity index (χ0n) is 16.9. The molecule has 1 fully saturated rings. The van der Waals surface area contributed by atoms with Crippen LogP contribution in [-0.2, 0) is 9.59 Å². The van der Waals surface area contributed by atoms with E-state index in [-0.39, 0.29) is 11.8 Å². The third kappa shape index (κ3) is 6.29. The van der Waals surface area contributed by atoms with E-state index in [1.807, 2.05) is 32.0 Å². The van der Waals surface area contributed by atoms with Crippen molar-refractivity contribution < 1.29 is 9.59 Å². The first-order valence-electron chi connectivity index (χ1n) is 9.77. The number of hydrogen-bond acceptors (Lipinski definition) is 4. The van der Waals surface area contributed by atoms with Crippen molar-refractivity contribution in [1.82, 2.24) is 9.80 Å². The molecule has 2 aromatic carbocycles. The fourth-order valence-corrected chi connectivity index (χ4v) is 3.45. The third-order valence-electron chi connectivity index (χ3n) is 5.21. The number of carbonyl (C=O) groups is 2. The van der Waals surface area contributed by atoms with Gasteiger partial charge in [-0.3, -0.25) is 19.4 Å². The molecule has 0 aliphatic carbocycles. The highest BCUT2D eigenvalue weighted by molar-refractivity contribution is 6.30. The highest BCUT2D eigenvalue weighted by Crippen LogP contribution is 2.18. The quantitative estimate of drug-likeness (QED) is 0.762. The maximum atomic E-state index is 12.4. The van der Waals surface area contributed by atoms with Crippen molar-refractivity contribution in [2.24, 2.45) is 0 Å². The van der Waals surface area contributed by atoms with Crippen LogP contribution in [0.4, 0.5) is 11.4 Å². The molecular formula is C22H27ClN4O2. The van der Waals surface area contributed by atoms with Crippen LogP contribution in [0.1, 0.15) is 11.1 Å². The minimum absolute atomic E-state index is 0.00682. The number of carbonyl (C=O) groups excluding carboxylic acids is 2. The molecule has 1 aliphatic heterocycles. The average molecular weight is 415 g/mol. The Morgan fingerprint density at radius 3 is 2.00 bits per heavy atom. The van der Waals surface area contributed by atoms with Crippen LogP contribution < -0.4 is 10.6 Å². The smallest absolute Gasteiger partial charge is 0.238 e. The van der Waals surface area contributed by atoms with E-state index in [4.69, 9.17) is 11.6 Å². The van der Waals surface area contributed by atoms with Gasteiger partial charge in [0.2, 0.25) is 11.8 Å². The predicted octanol–water partition coefficient (Wildman–Crippen LogP) is 3.15. The Labute approximate surface area is 176 Å². The Hall–Kier alpha value is -2.41. The van der Waals surface area contributed by atoms with Gasteiger partial charge in [-0.15, -0.1) is 0 Å². The molecular weight excluding hydrogens is 388 g/mol. The summed E-state index contributed by atoms with van der Waals surface area (Å²) in [7, 11) is 0. The topological polar surface area (TPSA) is 64.7 Å². The Morgan fingerprint density at radius 2 is 1.41 bits per heavy atom. The fraction of sp³-hybridized carbons (Fsp3) is 0.364. The van der Waals surface area contributed by atoms with Crippen LogP contribution in [0, 0.1) is 13.8 Å². The van der Waals surface area contributed by atoms with E-state index < -0.39 is 0 Å².